The van der Waals surface area contributed by atoms with Gasteiger partial charge >= 0.3 is 0 Å². The number of Topliss-reactive ketones (excluding diaryl/α,β-unsaturated/α-hetero) is 1. The molecule has 3 nitrogen and oxygen atoms in total. The molecule has 1 aliphatic heterocycles. The van der Waals surface area contributed by atoms with Crippen LogP contribution in [0.2, 0.25) is 0 Å². The highest BCUT2D eigenvalue weighted by molar-refractivity contribution is 5.79. The first-order valence-electron chi connectivity index (χ1n) is 9.45. The van der Waals surface area contributed by atoms with E-state index in [1.165, 1.54) is 51.4 Å². The van der Waals surface area contributed by atoms with Gasteiger partial charge in [-0.15, -0.1) is 0 Å². The minimum absolute atomic E-state index is 0.177. The Balaban J connectivity index is 1.89. The summed E-state index contributed by atoms with van der Waals surface area (Å²) in [7, 11) is 0. The molecule has 0 aromatic heterocycles. The standard InChI is InChI=1S/C19H33NO2/c1-16(21)18-11-8-12-19(22)20(14-13-18)15-17-9-6-4-2-3-5-7-10-17/h17-18H,2-15H2,1H3/t18-/m0/s1. The molecule has 0 bridgehead atoms. The Hall–Kier alpha value is -0.860. The lowest BCUT2D eigenvalue weighted by Gasteiger charge is -2.31. The molecular formula is C19H33NO2. The summed E-state index contributed by atoms with van der Waals surface area (Å²) >= 11 is 0. The molecule has 3 heteroatoms. The average Bonchev–Trinajstić information content (AvgIpc) is 2.60. The summed E-state index contributed by atoms with van der Waals surface area (Å²) in [6, 6.07) is 0. The number of carbonyl (C=O) groups excluding carboxylic acids is 2. The summed E-state index contributed by atoms with van der Waals surface area (Å²) in [5.41, 5.74) is 0. The monoisotopic (exact) mass is 307 g/mol. The van der Waals surface area contributed by atoms with Gasteiger partial charge in [-0.2, -0.15) is 0 Å². The zero-order chi connectivity index (χ0) is 15.8. The maximum atomic E-state index is 12.4. The zero-order valence-electron chi connectivity index (χ0n) is 14.3. The molecule has 1 amide bonds. The predicted octanol–water partition coefficient (Wildman–Crippen LogP) is 4.34. The quantitative estimate of drug-likeness (QED) is 0.777. The van der Waals surface area contributed by atoms with Crippen LogP contribution in [0.15, 0.2) is 0 Å². The molecule has 22 heavy (non-hydrogen) atoms. The maximum Gasteiger partial charge on any atom is 0.222 e. The van der Waals surface area contributed by atoms with E-state index in [0.29, 0.717) is 24.0 Å². The van der Waals surface area contributed by atoms with Gasteiger partial charge in [-0.25, -0.2) is 0 Å². The van der Waals surface area contributed by atoms with E-state index in [1.807, 2.05) is 0 Å². The van der Waals surface area contributed by atoms with Crippen LogP contribution in [-0.2, 0) is 9.59 Å². The Kier molecular flexibility index (Phi) is 7.41. The number of nitrogens with zero attached hydrogens (tertiary/aromatic N) is 1. The van der Waals surface area contributed by atoms with Gasteiger partial charge in [0.15, 0.2) is 0 Å². The highest BCUT2D eigenvalue weighted by Gasteiger charge is 2.24. The van der Waals surface area contributed by atoms with Crippen LogP contribution in [0.3, 0.4) is 0 Å². The minimum atomic E-state index is 0.177. The molecule has 1 saturated carbocycles. The SMILES string of the molecule is CC(=O)[C@H]1CCCC(=O)N(CC2CCCCCCCC2)CC1. The van der Waals surface area contributed by atoms with Crippen LogP contribution in [0.25, 0.3) is 0 Å². The summed E-state index contributed by atoms with van der Waals surface area (Å²) in [5.74, 6) is 1.48. The Morgan fingerprint density at radius 3 is 2.23 bits per heavy atom. The first-order chi connectivity index (χ1) is 10.7. The van der Waals surface area contributed by atoms with Crippen molar-refractivity contribution in [2.75, 3.05) is 13.1 Å². The highest BCUT2D eigenvalue weighted by atomic mass is 16.2. The maximum absolute atomic E-state index is 12.4. The van der Waals surface area contributed by atoms with Crippen LogP contribution in [0, 0.1) is 11.8 Å². The van der Waals surface area contributed by atoms with Crippen molar-refractivity contribution in [2.45, 2.75) is 84.0 Å². The molecule has 126 valence electrons. The number of rotatable bonds is 3. The molecule has 1 heterocycles. The van der Waals surface area contributed by atoms with E-state index >= 15 is 0 Å². The second-order valence-electron chi connectivity index (χ2n) is 7.39. The van der Waals surface area contributed by atoms with Crippen LogP contribution < -0.4 is 0 Å². The molecule has 0 radical (unpaired) electrons. The normalized spacial score (nSPS) is 26.5. The molecule has 2 fully saturated rings. The summed E-state index contributed by atoms with van der Waals surface area (Å²) in [5, 5.41) is 0. The van der Waals surface area contributed by atoms with Gasteiger partial charge in [0.1, 0.15) is 5.78 Å². The van der Waals surface area contributed by atoms with Gasteiger partial charge in [0.2, 0.25) is 5.91 Å². The third-order valence-corrected chi connectivity index (χ3v) is 5.57. The Bertz CT molecular complexity index is 356. The smallest absolute Gasteiger partial charge is 0.222 e. The van der Waals surface area contributed by atoms with Crippen molar-refractivity contribution in [3.05, 3.63) is 0 Å². The van der Waals surface area contributed by atoms with Gasteiger partial charge in [0, 0.05) is 25.4 Å². The van der Waals surface area contributed by atoms with E-state index in [4.69, 9.17) is 0 Å². The molecule has 0 N–H and O–H groups in total. The number of carbonyl (C=O) groups is 2. The van der Waals surface area contributed by atoms with E-state index in [-0.39, 0.29) is 5.92 Å². The largest absolute Gasteiger partial charge is 0.342 e. The first kappa shape index (κ1) is 17.5. The van der Waals surface area contributed by atoms with Crippen LogP contribution >= 0.6 is 0 Å². The Labute approximate surface area is 135 Å². The molecule has 1 saturated heterocycles. The summed E-state index contributed by atoms with van der Waals surface area (Å²) in [6.07, 6.45) is 14.0. The minimum Gasteiger partial charge on any atom is -0.342 e. The molecule has 0 spiro atoms. The van der Waals surface area contributed by atoms with Gasteiger partial charge in [-0.05, 0) is 44.9 Å². The van der Waals surface area contributed by atoms with E-state index in [2.05, 4.69) is 4.90 Å². The fourth-order valence-electron chi connectivity index (χ4n) is 4.05. The molecular weight excluding hydrogens is 274 g/mol. The van der Waals surface area contributed by atoms with Crippen molar-refractivity contribution >= 4 is 11.7 Å². The lowest BCUT2D eigenvalue weighted by Crippen LogP contribution is -2.38. The fraction of sp³-hybridized carbons (Fsp3) is 0.895. The van der Waals surface area contributed by atoms with Crippen molar-refractivity contribution in [1.82, 2.24) is 4.90 Å². The second kappa shape index (κ2) is 9.32. The number of hydrogen-bond acceptors (Lipinski definition) is 2. The molecule has 1 aliphatic carbocycles. The number of likely N-dealkylation sites (tertiary alicyclic amines) is 1. The lowest BCUT2D eigenvalue weighted by atomic mass is 9.91. The van der Waals surface area contributed by atoms with E-state index in [9.17, 15) is 9.59 Å². The van der Waals surface area contributed by atoms with E-state index in [0.717, 1.165) is 32.4 Å². The van der Waals surface area contributed by atoms with Gasteiger partial charge in [0.05, 0.1) is 0 Å². The number of ketones is 1. The van der Waals surface area contributed by atoms with Crippen molar-refractivity contribution in [3.63, 3.8) is 0 Å². The van der Waals surface area contributed by atoms with Crippen LogP contribution in [0.1, 0.15) is 84.0 Å². The zero-order valence-corrected chi connectivity index (χ0v) is 14.3. The van der Waals surface area contributed by atoms with Crippen LogP contribution in [-0.4, -0.2) is 29.7 Å². The summed E-state index contributed by atoms with van der Waals surface area (Å²) in [4.78, 5) is 26.1. The van der Waals surface area contributed by atoms with Gasteiger partial charge in [-0.3, -0.25) is 9.59 Å². The van der Waals surface area contributed by atoms with Gasteiger partial charge in [-0.1, -0.05) is 38.5 Å². The van der Waals surface area contributed by atoms with Crippen molar-refractivity contribution < 1.29 is 9.59 Å². The van der Waals surface area contributed by atoms with Crippen molar-refractivity contribution in [1.29, 1.82) is 0 Å². The molecule has 2 rings (SSSR count). The average molecular weight is 307 g/mol. The summed E-state index contributed by atoms with van der Waals surface area (Å²) < 4.78 is 0. The number of amides is 1. The van der Waals surface area contributed by atoms with Crippen molar-refractivity contribution in [3.8, 4) is 0 Å². The van der Waals surface area contributed by atoms with E-state index < -0.39 is 0 Å². The van der Waals surface area contributed by atoms with Crippen LogP contribution in [0.5, 0.6) is 0 Å². The highest BCUT2D eigenvalue weighted by Crippen LogP contribution is 2.25. The molecule has 0 aromatic rings. The van der Waals surface area contributed by atoms with Gasteiger partial charge in [0.25, 0.3) is 0 Å². The predicted molar refractivity (Wildman–Crippen MR) is 89.6 cm³/mol. The lowest BCUT2D eigenvalue weighted by molar-refractivity contribution is -0.134. The molecule has 0 aromatic carbocycles. The summed E-state index contributed by atoms with van der Waals surface area (Å²) in [6.45, 7) is 3.43. The topological polar surface area (TPSA) is 37.4 Å². The molecule has 0 unspecified atom stereocenters. The van der Waals surface area contributed by atoms with Crippen molar-refractivity contribution in [2.24, 2.45) is 11.8 Å². The van der Waals surface area contributed by atoms with E-state index in [1.54, 1.807) is 6.92 Å². The van der Waals surface area contributed by atoms with Gasteiger partial charge < -0.3 is 4.90 Å². The third-order valence-electron chi connectivity index (χ3n) is 5.57. The molecule has 2 aliphatic rings. The fourth-order valence-corrected chi connectivity index (χ4v) is 4.05. The molecule has 1 atom stereocenters. The second-order valence-corrected chi connectivity index (χ2v) is 7.39. The third kappa shape index (κ3) is 5.73. The van der Waals surface area contributed by atoms with Crippen LogP contribution in [0.4, 0.5) is 0 Å². The first-order valence-corrected chi connectivity index (χ1v) is 9.45. The Morgan fingerprint density at radius 1 is 0.955 bits per heavy atom. The Morgan fingerprint density at radius 2 is 1.59 bits per heavy atom. The number of hydrogen-bond donors (Lipinski definition) is 0.